The van der Waals surface area contributed by atoms with E-state index in [4.69, 9.17) is 16.6 Å². The van der Waals surface area contributed by atoms with Crippen LogP contribution in [-0.4, -0.2) is 33.9 Å². The third-order valence-corrected chi connectivity index (χ3v) is 2.29. The molecule has 0 aliphatic rings. The molecular weight excluding hydrogens is 212 g/mol. The Balaban J connectivity index is 3.15. The quantitative estimate of drug-likeness (QED) is 0.432. The maximum Gasteiger partial charge on any atom is 0.337 e. The number of carboxylic acid groups (broad SMARTS) is 1. The van der Waals surface area contributed by atoms with Gasteiger partial charge in [0.15, 0.2) is 0 Å². The number of benzene rings is 1. The number of aliphatic hydroxyl groups excluding tert-OH is 2. The molecule has 0 amide bonds. The Morgan fingerprint density at radius 1 is 1.38 bits per heavy atom. The molecule has 0 aliphatic heterocycles. The van der Waals surface area contributed by atoms with Gasteiger partial charge in [-0.2, -0.15) is 0 Å². The molecule has 1 aromatic rings. The molecule has 0 heterocycles. The van der Waals surface area contributed by atoms with Crippen molar-refractivity contribution < 1.29 is 20.1 Å². The van der Waals surface area contributed by atoms with Crippen molar-refractivity contribution in [2.75, 3.05) is 12.3 Å². The molecule has 0 aliphatic carbocycles. The Hall–Kier alpha value is -1.63. The van der Waals surface area contributed by atoms with Gasteiger partial charge >= 0.3 is 5.97 Å². The van der Waals surface area contributed by atoms with Gasteiger partial charge in [-0.05, 0) is 6.07 Å². The van der Waals surface area contributed by atoms with Gasteiger partial charge in [-0.3, -0.25) is 0 Å². The Bertz CT molecular complexity index is 394. The highest BCUT2D eigenvalue weighted by Crippen LogP contribution is 2.25. The number of hydrogen-bond donors (Lipinski definition) is 5. The minimum atomic E-state index is -1.29. The van der Waals surface area contributed by atoms with Gasteiger partial charge in [0.25, 0.3) is 0 Å². The van der Waals surface area contributed by atoms with E-state index in [1.165, 1.54) is 18.2 Å². The predicted molar refractivity (Wildman–Crippen MR) is 57.8 cm³/mol. The molecule has 6 heteroatoms. The van der Waals surface area contributed by atoms with E-state index < -0.39 is 18.2 Å². The van der Waals surface area contributed by atoms with E-state index in [1.54, 1.807) is 0 Å². The van der Waals surface area contributed by atoms with Crippen molar-refractivity contribution in [3.8, 4) is 0 Å². The minimum Gasteiger partial charge on any atom is -0.478 e. The van der Waals surface area contributed by atoms with Crippen LogP contribution in [0.3, 0.4) is 0 Å². The van der Waals surface area contributed by atoms with Gasteiger partial charge in [0.05, 0.1) is 17.4 Å². The lowest BCUT2D eigenvalue weighted by Crippen LogP contribution is -2.28. The van der Waals surface area contributed by atoms with E-state index in [-0.39, 0.29) is 23.4 Å². The molecule has 6 nitrogen and oxygen atoms in total. The third-order valence-electron chi connectivity index (χ3n) is 2.29. The first kappa shape index (κ1) is 12.4. The lowest BCUT2D eigenvalue weighted by Gasteiger charge is -2.18. The number of carboxylic acids is 1. The van der Waals surface area contributed by atoms with Crippen molar-refractivity contribution in [2.45, 2.75) is 12.2 Å². The van der Waals surface area contributed by atoms with Crippen molar-refractivity contribution in [3.05, 3.63) is 29.3 Å². The largest absolute Gasteiger partial charge is 0.478 e. The van der Waals surface area contributed by atoms with Crippen LogP contribution in [0.15, 0.2) is 18.2 Å². The molecule has 0 saturated carbocycles. The zero-order valence-corrected chi connectivity index (χ0v) is 8.50. The molecule has 0 fully saturated rings. The summed E-state index contributed by atoms with van der Waals surface area (Å²) >= 11 is 0. The van der Waals surface area contributed by atoms with Crippen LogP contribution in [0.5, 0.6) is 0 Å². The molecule has 0 radical (unpaired) electrons. The van der Waals surface area contributed by atoms with Gasteiger partial charge in [-0.15, -0.1) is 0 Å². The molecule has 1 rings (SSSR count). The van der Waals surface area contributed by atoms with Crippen LogP contribution >= 0.6 is 0 Å². The van der Waals surface area contributed by atoms with E-state index in [1.807, 2.05) is 0 Å². The fourth-order valence-corrected chi connectivity index (χ4v) is 1.36. The number of anilines is 1. The Morgan fingerprint density at radius 3 is 2.50 bits per heavy atom. The molecule has 1 aromatic carbocycles. The Kier molecular flexibility index (Phi) is 3.83. The van der Waals surface area contributed by atoms with E-state index in [9.17, 15) is 15.0 Å². The van der Waals surface area contributed by atoms with Crippen LogP contribution in [0.25, 0.3) is 0 Å². The predicted octanol–water partition coefficient (Wildman–Crippen LogP) is -0.680. The van der Waals surface area contributed by atoms with E-state index >= 15 is 0 Å². The summed E-state index contributed by atoms with van der Waals surface area (Å²) in [7, 11) is 0. The first-order valence-corrected chi connectivity index (χ1v) is 4.67. The number of hydrogen-bond acceptors (Lipinski definition) is 5. The highest BCUT2D eigenvalue weighted by molar-refractivity contribution is 5.94. The van der Waals surface area contributed by atoms with Gasteiger partial charge in [0.2, 0.25) is 0 Å². The highest BCUT2D eigenvalue weighted by Gasteiger charge is 2.21. The van der Waals surface area contributed by atoms with Crippen LogP contribution in [0, 0.1) is 0 Å². The second-order valence-electron chi connectivity index (χ2n) is 3.36. The second-order valence-corrected chi connectivity index (χ2v) is 3.36. The number of rotatable bonds is 4. The summed E-state index contributed by atoms with van der Waals surface area (Å²) in [6.07, 6.45) is -2.46. The topological polar surface area (TPSA) is 130 Å². The van der Waals surface area contributed by atoms with E-state index in [2.05, 4.69) is 0 Å². The Labute approximate surface area is 92.1 Å². The maximum atomic E-state index is 10.8. The van der Waals surface area contributed by atoms with Crippen LogP contribution in [0.4, 0.5) is 5.69 Å². The summed E-state index contributed by atoms with van der Waals surface area (Å²) in [5.74, 6) is -1.19. The van der Waals surface area contributed by atoms with Crippen LogP contribution in [-0.2, 0) is 0 Å². The summed E-state index contributed by atoms with van der Waals surface area (Å²) in [6, 6.07) is 4.22. The summed E-state index contributed by atoms with van der Waals surface area (Å²) in [4.78, 5) is 10.8. The highest BCUT2D eigenvalue weighted by atomic mass is 16.4. The molecule has 7 N–H and O–H groups in total. The molecule has 16 heavy (non-hydrogen) atoms. The van der Waals surface area contributed by atoms with Crippen molar-refractivity contribution in [1.82, 2.24) is 0 Å². The maximum absolute atomic E-state index is 10.8. The number of carbonyl (C=O) groups is 1. The van der Waals surface area contributed by atoms with Gasteiger partial charge in [-0.1, -0.05) is 12.1 Å². The van der Waals surface area contributed by atoms with E-state index in [0.29, 0.717) is 0 Å². The van der Waals surface area contributed by atoms with Crippen molar-refractivity contribution >= 4 is 11.7 Å². The molecule has 2 atom stereocenters. The molecular formula is C10H14N2O4. The summed E-state index contributed by atoms with van der Waals surface area (Å²) in [6.45, 7) is -0.141. The standard InChI is InChI=1S/C10H14N2O4/c11-4-7(13)9(14)5-2-1-3-6(8(5)12)10(15)16/h1-3,7,9,13-14H,4,11-12H2,(H,15,16). The summed E-state index contributed by atoms with van der Waals surface area (Å²) in [5.41, 5.74) is 10.8. The second kappa shape index (κ2) is 4.93. The van der Waals surface area contributed by atoms with Crippen LogP contribution in [0.2, 0.25) is 0 Å². The number of aromatic carboxylic acids is 1. The summed E-state index contributed by atoms with van der Waals surface area (Å²) in [5, 5.41) is 27.8. The normalized spacial score (nSPS) is 14.4. The number of para-hydroxylation sites is 1. The minimum absolute atomic E-state index is 0.0602. The van der Waals surface area contributed by atoms with Crippen LogP contribution in [0.1, 0.15) is 22.0 Å². The van der Waals surface area contributed by atoms with Gasteiger partial charge in [0.1, 0.15) is 6.10 Å². The third kappa shape index (κ3) is 2.30. The van der Waals surface area contributed by atoms with Crippen molar-refractivity contribution in [1.29, 1.82) is 0 Å². The first-order chi connectivity index (χ1) is 7.49. The molecule has 0 spiro atoms. The smallest absolute Gasteiger partial charge is 0.337 e. The molecule has 0 saturated heterocycles. The Morgan fingerprint density at radius 2 is 2.00 bits per heavy atom. The van der Waals surface area contributed by atoms with Crippen molar-refractivity contribution in [2.24, 2.45) is 5.73 Å². The monoisotopic (exact) mass is 226 g/mol. The fraction of sp³-hybridized carbons (Fsp3) is 0.300. The molecule has 2 unspecified atom stereocenters. The molecule has 0 aromatic heterocycles. The SMILES string of the molecule is NCC(O)C(O)c1cccc(C(=O)O)c1N. The number of nitrogens with two attached hydrogens (primary N) is 2. The van der Waals surface area contributed by atoms with E-state index in [0.717, 1.165) is 0 Å². The fourth-order valence-electron chi connectivity index (χ4n) is 1.36. The number of nitrogen functional groups attached to an aromatic ring is 1. The molecule has 0 bridgehead atoms. The zero-order valence-electron chi connectivity index (χ0n) is 8.50. The van der Waals surface area contributed by atoms with Crippen LogP contribution < -0.4 is 11.5 Å². The van der Waals surface area contributed by atoms with Crippen molar-refractivity contribution in [3.63, 3.8) is 0 Å². The lowest BCUT2D eigenvalue weighted by molar-refractivity contribution is 0.0247. The van der Waals surface area contributed by atoms with Gasteiger partial charge in [0, 0.05) is 12.1 Å². The lowest BCUT2D eigenvalue weighted by atomic mass is 9.99. The average Bonchev–Trinajstić information content (AvgIpc) is 2.27. The number of aliphatic hydroxyl groups is 2. The molecule has 88 valence electrons. The van der Waals surface area contributed by atoms with Gasteiger partial charge in [-0.25, -0.2) is 4.79 Å². The van der Waals surface area contributed by atoms with Gasteiger partial charge < -0.3 is 26.8 Å². The summed E-state index contributed by atoms with van der Waals surface area (Å²) < 4.78 is 0. The average molecular weight is 226 g/mol. The zero-order chi connectivity index (χ0) is 12.3. The first-order valence-electron chi connectivity index (χ1n) is 4.67.